The van der Waals surface area contributed by atoms with Crippen LogP contribution in [0.15, 0.2) is 24.3 Å². The Morgan fingerprint density at radius 3 is 2.33 bits per heavy atom. The third kappa shape index (κ3) is 2.75. The average molecular weight is 203 g/mol. The monoisotopic (exact) mass is 203 g/mol. The Morgan fingerprint density at radius 2 is 1.93 bits per heavy atom. The number of rotatable bonds is 3. The molecule has 1 unspecified atom stereocenters. The van der Waals surface area contributed by atoms with Gasteiger partial charge in [-0.1, -0.05) is 6.92 Å². The van der Waals surface area contributed by atoms with Gasteiger partial charge < -0.3 is 9.64 Å². The van der Waals surface area contributed by atoms with Crippen molar-refractivity contribution < 1.29 is 9.53 Å². The molecule has 1 amide bonds. The van der Waals surface area contributed by atoms with E-state index in [-0.39, 0.29) is 5.91 Å². The molecule has 0 saturated carbocycles. The molecular weight excluding hydrogens is 189 g/mol. The molecule has 0 aromatic heterocycles. The Hall–Kier alpha value is -1.45. The summed E-state index contributed by atoms with van der Waals surface area (Å²) in [6.45, 7) is 1.67. The number of methoxy groups -OCH3 is 1. The van der Waals surface area contributed by atoms with E-state index in [0.29, 0.717) is 0 Å². The third-order valence-corrected chi connectivity index (χ3v) is 2.18. The molecule has 78 valence electrons. The van der Waals surface area contributed by atoms with E-state index >= 15 is 0 Å². The van der Waals surface area contributed by atoms with Crippen LogP contribution in [0, 0.1) is 0 Å². The van der Waals surface area contributed by atoms with Gasteiger partial charge in [0.15, 0.2) is 0 Å². The molecule has 0 saturated heterocycles. The number of nitrogens with zero attached hydrogens (tertiary/aromatic N) is 1. The first kappa shape index (κ1) is 11.6. The van der Waals surface area contributed by atoms with Crippen LogP contribution in [0.25, 0.3) is 0 Å². The van der Waals surface area contributed by atoms with Gasteiger partial charge in [0.1, 0.15) is 5.75 Å². The summed E-state index contributed by atoms with van der Waals surface area (Å²) in [5.74, 6) is 0.165. The fraction of sp³-hybridized carbons (Fsp3) is 0.364. The summed E-state index contributed by atoms with van der Waals surface area (Å²) in [4.78, 5) is 13.1. The second-order valence-corrected chi connectivity index (χ2v) is 3.38. The molecule has 1 aromatic carbocycles. The first-order chi connectivity index (χ1) is 7.06. The van der Waals surface area contributed by atoms with Crippen molar-refractivity contribution in [3.63, 3.8) is 0 Å². The summed E-state index contributed by atoms with van der Waals surface area (Å²) in [6.07, 6.45) is 0. The van der Waals surface area contributed by atoms with Crippen molar-refractivity contribution in [3.8, 4) is 5.75 Å². The molecular formula is C11H14BNO2. The fourth-order valence-corrected chi connectivity index (χ4v) is 1.24. The number of carbonyl (C=O) groups excluding carboxylic acids is 1. The Balaban J connectivity index is 2.82. The van der Waals surface area contributed by atoms with Crippen molar-refractivity contribution in [1.82, 2.24) is 0 Å². The lowest BCUT2D eigenvalue weighted by Gasteiger charge is -2.19. The highest BCUT2D eigenvalue weighted by Gasteiger charge is 2.13. The Bertz CT molecular complexity index is 335. The molecule has 1 rings (SSSR count). The van der Waals surface area contributed by atoms with Crippen molar-refractivity contribution in [2.24, 2.45) is 0 Å². The van der Waals surface area contributed by atoms with Crippen molar-refractivity contribution >= 4 is 19.4 Å². The zero-order chi connectivity index (χ0) is 11.4. The summed E-state index contributed by atoms with van der Waals surface area (Å²) in [7, 11) is 8.82. The van der Waals surface area contributed by atoms with Crippen molar-refractivity contribution in [2.75, 3.05) is 19.1 Å². The number of anilines is 1. The van der Waals surface area contributed by atoms with E-state index in [9.17, 15) is 4.79 Å². The van der Waals surface area contributed by atoms with Crippen LogP contribution in [0.4, 0.5) is 5.69 Å². The number of ether oxygens (including phenoxy) is 1. The van der Waals surface area contributed by atoms with E-state index in [2.05, 4.69) is 0 Å². The van der Waals surface area contributed by atoms with Gasteiger partial charge in [-0.2, -0.15) is 0 Å². The maximum absolute atomic E-state index is 11.6. The van der Waals surface area contributed by atoms with Crippen LogP contribution in [-0.2, 0) is 4.79 Å². The molecule has 0 bridgehead atoms. The molecule has 0 aliphatic carbocycles. The SMILES string of the molecule is [B]C(C)C(=O)N(C)c1ccc(OC)cc1. The van der Waals surface area contributed by atoms with E-state index < -0.39 is 5.82 Å². The van der Waals surface area contributed by atoms with Crippen LogP contribution >= 0.6 is 0 Å². The minimum atomic E-state index is -0.489. The molecule has 4 heteroatoms. The smallest absolute Gasteiger partial charge is 0.220 e. The standard InChI is InChI=1S/C11H14BNO2/c1-8(12)11(14)13(2)9-4-6-10(15-3)7-5-9/h4-8H,1-3H3. The van der Waals surface area contributed by atoms with Gasteiger partial charge in [0.25, 0.3) is 0 Å². The van der Waals surface area contributed by atoms with Crippen LogP contribution < -0.4 is 9.64 Å². The summed E-state index contributed by atoms with van der Waals surface area (Å²) in [5, 5.41) is 0. The van der Waals surface area contributed by atoms with Gasteiger partial charge in [0.2, 0.25) is 5.91 Å². The molecule has 15 heavy (non-hydrogen) atoms. The summed E-state index contributed by atoms with van der Waals surface area (Å²) in [5.41, 5.74) is 0.804. The van der Waals surface area contributed by atoms with Gasteiger partial charge in [-0.15, -0.1) is 0 Å². The highest BCUT2D eigenvalue weighted by molar-refractivity contribution is 6.26. The minimum Gasteiger partial charge on any atom is -0.497 e. The van der Waals surface area contributed by atoms with E-state index in [1.165, 1.54) is 4.90 Å². The number of hydrogen-bond acceptors (Lipinski definition) is 2. The van der Waals surface area contributed by atoms with Crippen molar-refractivity contribution in [3.05, 3.63) is 24.3 Å². The predicted octanol–water partition coefficient (Wildman–Crippen LogP) is 1.63. The Labute approximate surface area is 91.4 Å². The van der Waals surface area contributed by atoms with Crippen molar-refractivity contribution in [2.45, 2.75) is 12.7 Å². The second-order valence-electron chi connectivity index (χ2n) is 3.38. The molecule has 1 aromatic rings. The lowest BCUT2D eigenvalue weighted by molar-refractivity contribution is -0.117. The number of hydrogen-bond donors (Lipinski definition) is 0. The highest BCUT2D eigenvalue weighted by Crippen LogP contribution is 2.19. The summed E-state index contributed by atoms with van der Waals surface area (Å²) >= 11 is 0. The van der Waals surface area contributed by atoms with Gasteiger partial charge >= 0.3 is 0 Å². The number of amides is 1. The first-order valence-corrected chi connectivity index (χ1v) is 4.73. The predicted molar refractivity (Wildman–Crippen MR) is 61.6 cm³/mol. The van der Waals surface area contributed by atoms with E-state index in [1.807, 2.05) is 12.1 Å². The molecule has 0 aliphatic rings. The minimum absolute atomic E-state index is 0.111. The molecule has 2 radical (unpaired) electrons. The first-order valence-electron chi connectivity index (χ1n) is 4.73. The largest absolute Gasteiger partial charge is 0.497 e. The third-order valence-electron chi connectivity index (χ3n) is 2.18. The van der Waals surface area contributed by atoms with Crippen LogP contribution in [0.3, 0.4) is 0 Å². The molecule has 0 spiro atoms. The van der Waals surface area contributed by atoms with Gasteiger partial charge in [-0.25, -0.2) is 0 Å². The van der Waals surface area contributed by atoms with E-state index in [0.717, 1.165) is 11.4 Å². The lowest BCUT2D eigenvalue weighted by Crippen LogP contribution is -2.28. The van der Waals surface area contributed by atoms with E-state index in [1.54, 1.807) is 33.2 Å². The molecule has 0 heterocycles. The molecule has 3 nitrogen and oxygen atoms in total. The van der Waals surface area contributed by atoms with Crippen molar-refractivity contribution in [1.29, 1.82) is 0 Å². The van der Waals surface area contributed by atoms with Crippen LogP contribution in [0.1, 0.15) is 6.92 Å². The van der Waals surface area contributed by atoms with E-state index in [4.69, 9.17) is 12.6 Å². The maximum atomic E-state index is 11.6. The quantitative estimate of drug-likeness (QED) is 0.698. The Kier molecular flexibility index (Phi) is 3.77. The van der Waals surface area contributed by atoms with Gasteiger partial charge in [0.05, 0.1) is 15.0 Å². The zero-order valence-corrected chi connectivity index (χ0v) is 9.23. The molecule has 0 aliphatic heterocycles. The van der Waals surface area contributed by atoms with Gasteiger partial charge in [-0.05, 0) is 30.1 Å². The second kappa shape index (κ2) is 4.87. The van der Waals surface area contributed by atoms with Gasteiger partial charge in [0, 0.05) is 12.7 Å². The fourth-order valence-electron chi connectivity index (χ4n) is 1.24. The molecule has 0 fully saturated rings. The molecule has 0 N–H and O–H groups in total. The Morgan fingerprint density at radius 1 is 1.40 bits per heavy atom. The lowest BCUT2D eigenvalue weighted by atomic mass is 9.88. The number of carbonyl (C=O) groups is 1. The number of benzene rings is 1. The maximum Gasteiger partial charge on any atom is 0.220 e. The van der Waals surface area contributed by atoms with Crippen LogP contribution in [-0.4, -0.2) is 27.9 Å². The van der Waals surface area contributed by atoms with Gasteiger partial charge in [-0.3, -0.25) is 4.79 Å². The van der Waals surface area contributed by atoms with Crippen LogP contribution in [0.2, 0.25) is 5.82 Å². The zero-order valence-electron chi connectivity index (χ0n) is 9.23. The topological polar surface area (TPSA) is 29.5 Å². The summed E-state index contributed by atoms with van der Waals surface area (Å²) in [6, 6.07) is 7.25. The summed E-state index contributed by atoms with van der Waals surface area (Å²) < 4.78 is 5.03. The highest BCUT2D eigenvalue weighted by atomic mass is 16.5. The average Bonchev–Trinajstić information content (AvgIpc) is 2.27. The van der Waals surface area contributed by atoms with Crippen LogP contribution in [0.5, 0.6) is 5.75 Å². The molecule has 1 atom stereocenters. The normalized spacial score (nSPS) is 11.9.